The van der Waals surface area contributed by atoms with Crippen LogP contribution in [0.3, 0.4) is 0 Å². The van der Waals surface area contributed by atoms with Crippen LogP contribution in [0.5, 0.6) is 0 Å². The van der Waals surface area contributed by atoms with Crippen LogP contribution in [-0.4, -0.2) is 44.6 Å². The Morgan fingerprint density at radius 3 is 2.41 bits per heavy atom. The third kappa shape index (κ3) is 4.04. The Balaban J connectivity index is 1.72. The molecule has 170 valence electrons. The lowest BCUT2D eigenvalue weighted by molar-refractivity contribution is 0.0939. The maximum Gasteiger partial charge on any atom is 0.349 e. The minimum absolute atomic E-state index is 0.224. The van der Waals surface area contributed by atoms with Crippen molar-refractivity contribution in [2.24, 2.45) is 7.05 Å². The van der Waals surface area contributed by atoms with Gasteiger partial charge in [0.15, 0.2) is 5.82 Å². The highest BCUT2D eigenvalue weighted by molar-refractivity contribution is 5.86. The Bertz CT molecular complexity index is 1150. The summed E-state index contributed by atoms with van der Waals surface area (Å²) in [5.41, 5.74) is 5.02. The van der Waals surface area contributed by atoms with E-state index in [1.54, 1.807) is 11.6 Å². The van der Waals surface area contributed by atoms with Crippen molar-refractivity contribution in [2.75, 3.05) is 18.0 Å². The molecule has 3 heterocycles. The Kier molecular flexibility index (Phi) is 6.33. The zero-order chi connectivity index (χ0) is 23.0. The van der Waals surface area contributed by atoms with Gasteiger partial charge in [-0.15, -0.1) is 0 Å². The number of aryl methyl sites for hydroxylation is 3. The maximum absolute atomic E-state index is 12.7. The Hall–Kier alpha value is -2.73. The van der Waals surface area contributed by atoms with E-state index in [0.717, 1.165) is 48.5 Å². The maximum atomic E-state index is 12.7. The third-order valence-electron chi connectivity index (χ3n) is 6.95. The van der Waals surface area contributed by atoms with Crippen LogP contribution in [-0.2, 0) is 7.05 Å². The smallest absolute Gasteiger partial charge is 0.349 e. The van der Waals surface area contributed by atoms with E-state index in [1.807, 2.05) is 19.1 Å². The molecule has 4 rings (SSSR count). The predicted molar refractivity (Wildman–Crippen MR) is 131 cm³/mol. The summed E-state index contributed by atoms with van der Waals surface area (Å²) in [7, 11) is 1.77. The minimum Gasteiger partial charge on any atom is -0.349 e. The van der Waals surface area contributed by atoms with Crippen LogP contribution in [0.2, 0.25) is 0 Å². The number of nitrogens with zero attached hydrogens (tertiary/aromatic N) is 5. The van der Waals surface area contributed by atoms with Gasteiger partial charge in [0.25, 0.3) is 0 Å². The first kappa shape index (κ1) is 22.5. The number of hydrogen-bond donors (Lipinski definition) is 0. The molecule has 0 radical (unpaired) electrons. The summed E-state index contributed by atoms with van der Waals surface area (Å²) >= 11 is 0. The minimum atomic E-state index is -0.230. The molecule has 2 aromatic heterocycles. The lowest BCUT2D eigenvalue weighted by Gasteiger charge is -2.49. The average molecular weight is 434 g/mol. The van der Waals surface area contributed by atoms with Gasteiger partial charge in [-0.25, -0.2) is 9.78 Å². The lowest BCUT2D eigenvalue weighted by Crippen LogP contribution is -2.58. The first-order valence-corrected chi connectivity index (χ1v) is 11.8. The topological polar surface area (TPSA) is 54.3 Å². The highest BCUT2D eigenvalue weighted by atomic mass is 16.1. The first-order valence-electron chi connectivity index (χ1n) is 11.8. The number of pyridine rings is 1. The second kappa shape index (κ2) is 9.02. The molecule has 0 bridgehead atoms. The van der Waals surface area contributed by atoms with Gasteiger partial charge < -0.3 is 4.90 Å². The Labute approximate surface area is 190 Å². The fourth-order valence-corrected chi connectivity index (χ4v) is 5.06. The summed E-state index contributed by atoms with van der Waals surface area (Å²) in [5.74, 6) is 0.723. The zero-order valence-electron chi connectivity index (χ0n) is 20.2. The van der Waals surface area contributed by atoms with Crippen LogP contribution in [0.25, 0.3) is 11.0 Å². The molecule has 0 N–H and O–H groups in total. The van der Waals surface area contributed by atoms with Crippen molar-refractivity contribution in [2.45, 2.75) is 65.6 Å². The van der Waals surface area contributed by atoms with E-state index in [2.05, 4.69) is 66.7 Å². The van der Waals surface area contributed by atoms with Crippen LogP contribution < -0.4 is 10.6 Å². The third-order valence-corrected chi connectivity index (χ3v) is 6.95. The van der Waals surface area contributed by atoms with E-state index in [-0.39, 0.29) is 11.7 Å². The van der Waals surface area contributed by atoms with Crippen molar-refractivity contribution in [1.29, 1.82) is 0 Å². The molecule has 3 atom stereocenters. The van der Waals surface area contributed by atoms with Crippen molar-refractivity contribution >= 4 is 16.9 Å². The molecule has 3 aromatic rings. The summed E-state index contributed by atoms with van der Waals surface area (Å²) in [4.78, 5) is 26.9. The van der Waals surface area contributed by atoms with Gasteiger partial charge in [0.2, 0.25) is 0 Å². The fourth-order valence-electron chi connectivity index (χ4n) is 5.06. The van der Waals surface area contributed by atoms with Gasteiger partial charge in [-0.3, -0.25) is 9.47 Å². The summed E-state index contributed by atoms with van der Waals surface area (Å²) < 4.78 is 1.59. The molecule has 0 aliphatic carbocycles. The summed E-state index contributed by atoms with van der Waals surface area (Å²) in [6, 6.07) is 13.9. The highest BCUT2D eigenvalue weighted by Gasteiger charge is 2.36. The molecule has 6 nitrogen and oxygen atoms in total. The van der Waals surface area contributed by atoms with Crippen molar-refractivity contribution in [1.82, 2.24) is 19.4 Å². The lowest BCUT2D eigenvalue weighted by atomic mass is 9.95. The largest absolute Gasteiger partial charge is 0.349 e. The second-order valence-corrected chi connectivity index (χ2v) is 9.19. The molecule has 0 spiro atoms. The van der Waals surface area contributed by atoms with E-state index in [0.29, 0.717) is 12.1 Å². The molecule has 1 fully saturated rings. The number of aromatic nitrogens is 3. The molecule has 1 aromatic carbocycles. The molecular formula is C26H35N5O. The Morgan fingerprint density at radius 1 is 1.03 bits per heavy atom. The van der Waals surface area contributed by atoms with Crippen molar-refractivity contribution in [3.8, 4) is 0 Å². The van der Waals surface area contributed by atoms with E-state index < -0.39 is 0 Å². The predicted octanol–water partition coefficient (Wildman–Crippen LogP) is 4.39. The highest BCUT2D eigenvalue weighted by Crippen LogP contribution is 2.34. The standard InChI is InChI=1S/C26H35N5O/c1-7-21-16-30(25-24-23(14-11-18(4)27-24)29(6)26(32)28-25)19(5)15-31(21)22(8-2)20-12-9-17(3)10-13-20/h9-14,19,21-22H,7-8,15-16H2,1-6H3. The molecule has 1 aliphatic rings. The van der Waals surface area contributed by atoms with Crippen molar-refractivity contribution in [3.63, 3.8) is 0 Å². The fraction of sp³-hybridized carbons (Fsp3) is 0.500. The number of benzene rings is 1. The first-order chi connectivity index (χ1) is 15.3. The van der Waals surface area contributed by atoms with Gasteiger partial charge >= 0.3 is 5.69 Å². The Morgan fingerprint density at radius 2 is 1.75 bits per heavy atom. The molecule has 1 aliphatic heterocycles. The molecule has 32 heavy (non-hydrogen) atoms. The second-order valence-electron chi connectivity index (χ2n) is 9.19. The normalized spacial score (nSPS) is 20.6. The molecule has 0 saturated carbocycles. The number of fused-ring (bicyclic) bond motifs is 1. The molecule has 0 amide bonds. The van der Waals surface area contributed by atoms with Crippen molar-refractivity contribution < 1.29 is 0 Å². The summed E-state index contributed by atoms with van der Waals surface area (Å²) in [6.07, 6.45) is 2.11. The van der Waals surface area contributed by atoms with E-state index in [1.165, 1.54) is 11.1 Å². The molecule has 6 heteroatoms. The number of rotatable bonds is 5. The van der Waals surface area contributed by atoms with Crippen LogP contribution >= 0.6 is 0 Å². The summed E-state index contributed by atoms with van der Waals surface area (Å²) in [6.45, 7) is 12.7. The van der Waals surface area contributed by atoms with E-state index in [4.69, 9.17) is 4.98 Å². The van der Waals surface area contributed by atoms with Gasteiger partial charge in [0, 0.05) is 44.0 Å². The number of piperazine rings is 1. The van der Waals surface area contributed by atoms with Crippen LogP contribution in [0.4, 0.5) is 5.82 Å². The van der Waals surface area contributed by atoms with Gasteiger partial charge in [-0.05, 0) is 51.3 Å². The molecule has 1 saturated heterocycles. The zero-order valence-corrected chi connectivity index (χ0v) is 20.2. The average Bonchev–Trinajstić information content (AvgIpc) is 2.78. The van der Waals surface area contributed by atoms with E-state index >= 15 is 0 Å². The SMILES string of the molecule is CCC1CN(c2nc(=O)n(C)c3ccc(C)nc23)C(C)CN1C(CC)c1ccc(C)cc1. The van der Waals surface area contributed by atoms with Crippen LogP contribution in [0, 0.1) is 13.8 Å². The van der Waals surface area contributed by atoms with Crippen molar-refractivity contribution in [3.05, 3.63) is 63.7 Å². The van der Waals surface area contributed by atoms with Crippen LogP contribution in [0.1, 0.15) is 56.5 Å². The van der Waals surface area contributed by atoms with E-state index in [9.17, 15) is 4.79 Å². The molecule has 3 unspecified atom stereocenters. The van der Waals surface area contributed by atoms with Gasteiger partial charge in [0.1, 0.15) is 5.52 Å². The summed E-state index contributed by atoms with van der Waals surface area (Å²) in [5, 5.41) is 0. The van der Waals surface area contributed by atoms with Gasteiger partial charge in [0.05, 0.1) is 5.52 Å². The van der Waals surface area contributed by atoms with Crippen LogP contribution in [0.15, 0.2) is 41.2 Å². The van der Waals surface area contributed by atoms with Gasteiger partial charge in [-0.2, -0.15) is 4.98 Å². The number of anilines is 1. The van der Waals surface area contributed by atoms with Gasteiger partial charge in [-0.1, -0.05) is 43.7 Å². The molecular weight excluding hydrogens is 398 g/mol. The number of hydrogen-bond acceptors (Lipinski definition) is 5. The monoisotopic (exact) mass is 433 g/mol. The quantitative estimate of drug-likeness (QED) is 0.597.